The molecule has 0 bridgehead atoms. The highest BCUT2D eigenvalue weighted by molar-refractivity contribution is 5.81. The number of aliphatic carboxylic acids is 1. The summed E-state index contributed by atoms with van der Waals surface area (Å²) in [5.74, 6) is 0.970. The first-order valence-corrected chi connectivity index (χ1v) is 5.22. The molecule has 0 amide bonds. The van der Waals surface area contributed by atoms with Crippen LogP contribution in [-0.4, -0.2) is 11.1 Å². The van der Waals surface area contributed by atoms with Crippen LogP contribution in [-0.2, 0) is 4.79 Å². The molecule has 0 heterocycles. The molecular formula is C12H16O2. The van der Waals surface area contributed by atoms with Crippen molar-refractivity contribution in [3.05, 3.63) is 23.3 Å². The molecule has 2 atom stereocenters. The van der Waals surface area contributed by atoms with Gasteiger partial charge in [-0.3, -0.25) is 0 Å². The van der Waals surface area contributed by atoms with Crippen LogP contribution in [0.2, 0.25) is 0 Å². The number of carboxylic acids is 1. The van der Waals surface area contributed by atoms with Gasteiger partial charge in [0.15, 0.2) is 0 Å². The van der Waals surface area contributed by atoms with Gasteiger partial charge < -0.3 is 5.11 Å². The Morgan fingerprint density at radius 1 is 1.57 bits per heavy atom. The monoisotopic (exact) mass is 192 g/mol. The second-order valence-corrected chi connectivity index (χ2v) is 4.65. The fraction of sp³-hybridized carbons (Fsp3) is 0.583. The van der Waals surface area contributed by atoms with E-state index in [1.165, 1.54) is 18.1 Å². The van der Waals surface area contributed by atoms with Crippen molar-refractivity contribution in [1.82, 2.24) is 0 Å². The molecule has 1 N–H and O–H groups in total. The molecule has 1 unspecified atom stereocenters. The number of hydrogen-bond acceptors (Lipinski definition) is 1. The van der Waals surface area contributed by atoms with E-state index in [0.717, 1.165) is 12.0 Å². The standard InChI is InChI=1S/C12H16O2/c1-7(2)8-3-9-4-10(6-12(13)14)11(9)5-8/h5-7,9,11H,3-4H2,1-2H3,(H,13,14)/t9-,11?/m0/s1. The Hall–Kier alpha value is -1.05. The van der Waals surface area contributed by atoms with Crippen molar-refractivity contribution in [2.75, 3.05) is 0 Å². The summed E-state index contributed by atoms with van der Waals surface area (Å²) in [6, 6.07) is 0. The van der Waals surface area contributed by atoms with Crippen LogP contribution in [0.15, 0.2) is 23.3 Å². The van der Waals surface area contributed by atoms with Gasteiger partial charge in [-0.05, 0) is 24.7 Å². The maximum absolute atomic E-state index is 10.5. The predicted octanol–water partition coefficient (Wildman–Crippen LogP) is 2.62. The molecule has 2 nitrogen and oxygen atoms in total. The molecule has 0 aromatic heterocycles. The maximum Gasteiger partial charge on any atom is 0.328 e. The van der Waals surface area contributed by atoms with E-state index in [4.69, 9.17) is 5.11 Å². The number of carboxylic acid groups (broad SMARTS) is 1. The Balaban J connectivity index is 2.10. The van der Waals surface area contributed by atoms with E-state index in [0.29, 0.717) is 17.8 Å². The normalized spacial score (nSPS) is 32.8. The summed E-state index contributed by atoms with van der Waals surface area (Å²) in [7, 11) is 0. The lowest BCUT2D eigenvalue weighted by Crippen LogP contribution is -2.24. The lowest BCUT2D eigenvalue weighted by molar-refractivity contribution is -0.131. The Bertz CT molecular complexity index is 323. The van der Waals surface area contributed by atoms with Crippen molar-refractivity contribution in [3.63, 3.8) is 0 Å². The molecule has 0 saturated heterocycles. The third-order valence-corrected chi connectivity index (χ3v) is 3.38. The maximum atomic E-state index is 10.5. The second kappa shape index (κ2) is 3.26. The van der Waals surface area contributed by atoms with Gasteiger partial charge in [0.1, 0.15) is 0 Å². The summed E-state index contributed by atoms with van der Waals surface area (Å²) in [6.45, 7) is 4.41. The van der Waals surface area contributed by atoms with Crippen LogP contribution >= 0.6 is 0 Å². The zero-order valence-electron chi connectivity index (χ0n) is 8.66. The van der Waals surface area contributed by atoms with E-state index < -0.39 is 5.97 Å². The third-order valence-electron chi connectivity index (χ3n) is 3.38. The predicted molar refractivity (Wildman–Crippen MR) is 54.9 cm³/mol. The van der Waals surface area contributed by atoms with Gasteiger partial charge in [-0.1, -0.05) is 31.1 Å². The first-order valence-electron chi connectivity index (χ1n) is 5.22. The molecule has 1 fully saturated rings. The number of carbonyl (C=O) groups is 1. The quantitative estimate of drug-likeness (QED) is 0.539. The van der Waals surface area contributed by atoms with Crippen molar-refractivity contribution >= 4 is 5.97 Å². The highest BCUT2D eigenvalue weighted by atomic mass is 16.4. The van der Waals surface area contributed by atoms with Crippen molar-refractivity contribution in [3.8, 4) is 0 Å². The molecule has 2 aliphatic rings. The van der Waals surface area contributed by atoms with Crippen LogP contribution in [0.4, 0.5) is 0 Å². The first kappa shape index (κ1) is 9.50. The minimum atomic E-state index is -0.801. The number of rotatable bonds is 2. The number of allylic oxidation sites excluding steroid dienone is 3. The molecule has 2 heteroatoms. The van der Waals surface area contributed by atoms with Gasteiger partial charge in [0.25, 0.3) is 0 Å². The van der Waals surface area contributed by atoms with Gasteiger partial charge in [0.2, 0.25) is 0 Å². The first-order chi connectivity index (χ1) is 6.58. The van der Waals surface area contributed by atoms with Crippen LogP contribution in [0.5, 0.6) is 0 Å². The largest absolute Gasteiger partial charge is 0.478 e. The molecule has 0 aromatic carbocycles. The van der Waals surface area contributed by atoms with Crippen LogP contribution in [0.1, 0.15) is 26.7 Å². The number of hydrogen-bond donors (Lipinski definition) is 1. The van der Waals surface area contributed by atoms with Gasteiger partial charge in [-0.2, -0.15) is 0 Å². The Morgan fingerprint density at radius 3 is 2.86 bits per heavy atom. The fourth-order valence-electron chi connectivity index (χ4n) is 2.49. The lowest BCUT2D eigenvalue weighted by Gasteiger charge is -2.33. The van der Waals surface area contributed by atoms with Crippen molar-refractivity contribution in [2.45, 2.75) is 26.7 Å². The summed E-state index contributed by atoms with van der Waals surface area (Å²) in [4.78, 5) is 10.5. The van der Waals surface area contributed by atoms with Gasteiger partial charge in [0.05, 0.1) is 0 Å². The third kappa shape index (κ3) is 1.49. The van der Waals surface area contributed by atoms with Crippen LogP contribution in [0, 0.1) is 17.8 Å². The molecule has 0 aliphatic heterocycles. The molecule has 2 rings (SSSR count). The smallest absolute Gasteiger partial charge is 0.328 e. The van der Waals surface area contributed by atoms with Gasteiger partial charge >= 0.3 is 5.97 Å². The topological polar surface area (TPSA) is 37.3 Å². The Kier molecular flexibility index (Phi) is 2.22. The minimum Gasteiger partial charge on any atom is -0.478 e. The Morgan fingerprint density at radius 2 is 2.29 bits per heavy atom. The van der Waals surface area contributed by atoms with Gasteiger partial charge in [0, 0.05) is 12.0 Å². The highest BCUT2D eigenvalue weighted by Gasteiger charge is 2.39. The summed E-state index contributed by atoms with van der Waals surface area (Å²) in [5.41, 5.74) is 2.62. The second-order valence-electron chi connectivity index (χ2n) is 4.65. The molecule has 0 radical (unpaired) electrons. The zero-order valence-corrected chi connectivity index (χ0v) is 8.66. The Labute approximate surface area is 84.3 Å². The van der Waals surface area contributed by atoms with Crippen molar-refractivity contribution in [2.24, 2.45) is 17.8 Å². The van der Waals surface area contributed by atoms with E-state index in [9.17, 15) is 4.79 Å². The minimum absolute atomic E-state index is 0.448. The molecule has 2 aliphatic carbocycles. The summed E-state index contributed by atoms with van der Waals surface area (Å²) >= 11 is 0. The SMILES string of the molecule is CC(C)C1=CC2C(=CC(=O)O)C[C@@H]2C1. The van der Waals surface area contributed by atoms with Crippen LogP contribution in [0.3, 0.4) is 0 Å². The van der Waals surface area contributed by atoms with Crippen LogP contribution in [0.25, 0.3) is 0 Å². The summed E-state index contributed by atoms with van der Waals surface area (Å²) in [6.07, 6.45) is 5.84. The molecule has 0 spiro atoms. The van der Waals surface area contributed by atoms with E-state index in [-0.39, 0.29) is 0 Å². The van der Waals surface area contributed by atoms with E-state index >= 15 is 0 Å². The average Bonchev–Trinajstić information content (AvgIpc) is 2.39. The lowest BCUT2D eigenvalue weighted by atomic mass is 9.71. The summed E-state index contributed by atoms with van der Waals surface area (Å²) in [5, 5.41) is 8.65. The molecule has 1 saturated carbocycles. The van der Waals surface area contributed by atoms with Gasteiger partial charge in [-0.25, -0.2) is 4.79 Å². The highest BCUT2D eigenvalue weighted by Crippen LogP contribution is 2.50. The summed E-state index contributed by atoms with van der Waals surface area (Å²) < 4.78 is 0. The van der Waals surface area contributed by atoms with Gasteiger partial charge in [-0.15, -0.1) is 0 Å². The fourth-order valence-corrected chi connectivity index (χ4v) is 2.49. The van der Waals surface area contributed by atoms with E-state index in [2.05, 4.69) is 19.9 Å². The molecular weight excluding hydrogens is 176 g/mol. The average molecular weight is 192 g/mol. The molecule has 76 valence electrons. The van der Waals surface area contributed by atoms with Crippen LogP contribution < -0.4 is 0 Å². The van der Waals surface area contributed by atoms with Crippen molar-refractivity contribution in [1.29, 1.82) is 0 Å². The van der Waals surface area contributed by atoms with E-state index in [1.807, 2.05) is 0 Å². The zero-order chi connectivity index (χ0) is 10.3. The molecule has 0 aromatic rings. The van der Waals surface area contributed by atoms with E-state index in [1.54, 1.807) is 0 Å². The number of fused-ring (bicyclic) bond motifs is 1. The molecule has 14 heavy (non-hydrogen) atoms. The van der Waals surface area contributed by atoms with Crippen molar-refractivity contribution < 1.29 is 9.90 Å².